The number of hydrogen-bond donors (Lipinski definition) is 0. The fraction of sp³-hybridized carbons (Fsp3) is 0.167. The van der Waals surface area contributed by atoms with Crippen LogP contribution < -0.4 is 10.3 Å². The third kappa shape index (κ3) is 3.19. The lowest BCUT2D eigenvalue weighted by molar-refractivity contribution is -0.114. The van der Waals surface area contributed by atoms with E-state index in [9.17, 15) is 9.59 Å². The smallest absolute Gasteiger partial charge is 0.266 e. The van der Waals surface area contributed by atoms with E-state index in [1.54, 1.807) is 43.5 Å². The van der Waals surface area contributed by atoms with Crippen molar-refractivity contribution in [1.29, 1.82) is 0 Å². The summed E-state index contributed by atoms with van der Waals surface area (Å²) in [4.78, 5) is 28.9. The Balaban J connectivity index is 2.21. The van der Waals surface area contributed by atoms with Crippen molar-refractivity contribution < 1.29 is 9.53 Å². The van der Waals surface area contributed by atoms with Crippen LogP contribution in [-0.2, 0) is 4.79 Å². The number of rotatable bonds is 5. The van der Waals surface area contributed by atoms with Crippen LogP contribution >= 0.6 is 11.8 Å². The largest absolute Gasteiger partial charge is 0.497 e. The first-order valence-corrected chi connectivity index (χ1v) is 8.37. The second-order valence-corrected chi connectivity index (χ2v) is 6.18. The van der Waals surface area contributed by atoms with Crippen LogP contribution in [-0.4, -0.2) is 28.2 Å². The maximum absolute atomic E-state index is 12.9. The lowest BCUT2D eigenvalue weighted by Crippen LogP contribution is -2.22. The number of benzene rings is 2. The van der Waals surface area contributed by atoms with E-state index in [0.29, 0.717) is 27.5 Å². The van der Waals surface area contributed by atoms with E-state index in [4.69, 9.17) is 4.74 Å². The van der Waals surface area contributed by atoms with Crippen LogP contribution in [0.4, 0.5) is 0 Å². The molecule has 0 aliphatic rings. The van der Waals surface area contributed by atoms with Crippen molar-refractivity contribution in [2.24, 2.45) is 0 Å². The van der Waals surface area contributed by atoms with E-state index in [0.717, 1.165) is 0 Å². The molecular weight excluding hydrogens is 324 g/mol. The average molecular weight is 340 g/mol. The summed E-state index contributed by atoms with van der Waals surface area (Å²) in [6.45, 7) is 1.52. The first kappa shape index (κ1) is 16.3. The molecule has 2 aromatic carbocycles. The number of nitrogens with zero attached hydrogens (tertiary/aromatic N) is 2. The summed E-state index contributed by atoms with van der Waals surface area (Å²) in [5, 5.41) is 1.04. The number of aromatic nitrogens is 2. The molecule has 0 saturated heterocycles. The molecule has 0 spiro atoms. The number of ketones is 1. The quantitative estimate of drug-likeness (QED) is 0.528. The van der Waals surface area contributed by atoms with Crippen LogP contribution in [0.3, 0.4) is 0 Å². The van der Waals surface area contributed by atoms with E-state index in [-0.39, 0.29) is 17.1 Å². The number of fused-ring (bicyclic) bond motifs is 1. The van der Waals surface area contributed by atoms with Gasteiger partial charge in [-0.3, -0.25) is 14.2 Å². The second kappa shape index (κ2) is 6.88. The molecule has 3 rings (SSSR count). The van der Waals surface area contributed by atoms with Gasteiger partial charge in [-0.25, -0.2) is 4.98 Å². The predicted octanol–water partition coefficient (Wildman–Crippen LogP) is 3.08. The zero-order valence-electron chi connectivity index (χ0n) is 13.4. The lowest BCUT2D eigenvalue weighted by Gasteiger charge is -2.13. The van der Waals surface area contributed by atoms with Crippen molar-refractivity contribution in [3.63, 3.8) is 0 Å². The molecular formula is C18H16N2O3S. The molecule has 0 saturated carbocycles. The van der Waals surface area contributed by atoms with E-state index in [2.05, 4.69) is 4.98 Å². The Morgan fingerprint density at radius 1 is 1.17 bits per heavy atom. The first-order valence-electron chi connectivity index (χ1n) is 7.38. The molecule has 0 amide bonds. The summed E-state index contributed by atoms with van der Waals surface area (Å²) in [5.74, 6) is 1.00. The van der Waals surface area contributed by atoms with Gasteiger partial charge >= 0.3 is 0 Å². The van der Waals surface area contributed by atoms with Gasteiger partial charge in [0.05, 0.1) is 29.5 Å². The van der Waals surface area contributed by atoms with Gasteiger partial charge in [0.25, 0.3) is 5.56 Å². The molecule has 3 aromatic rings. The fourth-order valence-corrected chi connectivity index (χ4v) is 3.15. The molecule has 6 heteroatoms. The molecule has 122 valence electrons. The SMILES string of the molecule is COc1ccc(-n2c(SCC(C)=O)nc3ccccc3c2=O)cc1. The minimum absolute atomic E-state index is 0.0312. The highest BCUT2D eigenvalue weighted by molar-refractivity contribution is 7.99. The van der Waals surface area contributed by atoms with Gasteiger partial charge in [0.15, 0.2) is 5.16 Å². The number of Topliss-reactive ketones (excluding diaryl/α,β-unsaturated/α-hetero) is 1. The maximum Gasteiger partial charge on any atom is 0.266 e. The van der Waals surface area contributed by atoms with Gasteiger partial charge in [-0.15, -0.1) is 0 Å². The van der Waals surface area contributed by atoms with E-state index < -0.39 is 0 Å². The summed E-state index contributed by atoms with van der Waals surface area (Å²) in [6, 6.07) is 14.4. The van der Waals surface area contributed by atoms with E-state index in [1.807, 2.05) is 12.1 Å². The molecule has 1 aromatic heterocycles. The zero-order chi connectivity index (χ0) is 17.1. The summed E-state index contributed by atoms with van der Waals surface area (Å²) < 4.78 is 6.70. The number of hydrogen-bond acceptors (Lipinski definition) is 5. The van der Waals surface area contributed by atoms with Crippen molar-refractivity contribution in [1.82, 2.24) is 9.55 Å². The Morgan fingerprint density at radius 3 is 2.54 bits per heavy atom. The van der Waals surface area contributed by atoms with Crippen LogP contribution in [0.5, 0.6) is 5.75 Å². The first-order chi connectivity index (χ1) is 11.6. The lowest BCUT2D eigenvalue weighted by atomic mass is 10.2. The van der Waals surface area contributed by atoms with Crippen LogP contribution in [0.25, 0.3) is 16.6 Å². The van der Waals surface area contributed by atoms with Crippen molar-refractivity contribution in [3.8, 4) is 11.4 Å². The number of ether oxygens (including phenoxy) is 1. The molecule has 0 radical (unpaired) electrons. The van der Waals surface area contributed by atoms with Gasteiger partial charge in [0, 0.05) is 0 Å². The summed E-state index contributed by atoms with van der Waals surface area (Å²) in [7, 11) is 1.59. The summed E-state index contributed by atoms with van der Waals surface area (Å²) >= 11 is 1.26. The fourth-order valence-electron chi connectivity index (χ4n) is 2.33. The van der Waals surface area contributed by atoms with Gasteiger partial charge in [-0.1, -0.05) is 23.9 Å². The minimum Gasteiger partial charge on any atom is -0.497 e. The number of para-hydroxylation sites is 1. The Bertz CT molecular complexity index is 949. The van der Waals surface area contributed by atoms with Gasteiger partial charge in [-0.2, -0.15) is 0 Å². The zero-order valence-corrected chi connectivity index (χ0v) is 14.2. The van der Waals surface area contributed by atoms with Crippen LogP contribution in [0.15, 0.2) is 58.5 Å². The predicted molar refractivity (Wildman–Crippen MR) is 95.3 cm³/mol. The third-order valence-electron chi connectivity index (χ3n) is 3.48. The Labute approximate surface area is 143 Å². The molecule has 0 N–H and O–H groups in total. The number of carbonyl (C=O) groups excluding carboxylic acids is 1. The monoisotopic (exact) mass is 340 g/mol. The number of methoxy groups -OCH3 is 1. The summed E-state index contributed by atoms with van der Waals surface area (Å²) in [6.07, 6.45) is 0. The third-order valence-corrected chi connectivity index (χ3v) is 4.56. The normalized spacial score (nSPS) is 10.8. The molecule has 1 heterocycles. The van der Waals surface area contributed by atoms with Crippen LogP contribution in [0.2, 0.25) is 0 Å². The van der Waals surface area contributed by atoms with E-state index >= 15 is 0 Å². The van der Waals surface area contributed by atoms with Crippen molar-refractivity contribution >= 4 is 28.4 Å². The van der Waals surface area contributed by atoms with Crippen molar-refractivity contribution in [2.45, 2.75) is 12.1 Å². The molecule has 0 fully saturated rings. The maximum atomic E-state index is 12.9. The van der Waals surface area contributed by atoms with Crippen LogP contribution in [0, 0.1) is 0 Å². The van der Waals surface area contributed by atoms with Gasteiger partial charge in [0.2, 0.25) is 0 Å². The highest BCUT2D eigenvalue weighted by atomic mass is 32.2. The second-order valence-electron chi connectivity index (χ2n) is 5.24. The molecule has 0 atom stereocenters. The standard InChI is InChI=1S/C18H16N2O3S/c1-12(21)11-24-18-19-16-6-4-3-5-15(16)17(22)20(18)13-7-9-14(23-2)10-8-13/h3-10H,11H2,1-2H3. The Hall–Kier alpha value is -2.60. The molecule has 0 aliphatic heterocycles. The molecule has 0 unspecified atom stereocenters. The van der Waals surface area contributed by atoms with Crippen molar-refractivity contribution in [3.05, 3.63) is 58.9 Å². The van der Waals surface area contributed by atoms with Crippen LogP contribution in [0.1, 0.15) is 6.92 Å². The van der Waals surface area contributed by atoms with Crippen molar-refractivity contribution in [2.75, 3.05) is 12.9 Å². The highest BCUT2D eigenvalue weighted by Gasteiger charge is 2.13. The molecule has 0 aliphatic carbocycles. The topological polar surface area (TPSA) is 61.2 Å². The van der Waals surface area contributed by atoms with Gasteiger partial charge in [-0.05, 0) is 43.3 Å². The molecule has 0 bridgehead atoms. The van der Waals surface area contributed by atoms with Gasteiger partial charge < -0.3 is 4.74 Å². The highest BCUT2D eigenvalue weighted by Crippen LogP contribution is 2.22. The van der Waals surface area contributed by atoms with Gasteiger partial charge in [0.1, 0.15) is 11.5 Å². The Morgan fingerprint density at radius 2 is 1.88 bits per heavy atom. The molecule has 24 heavy (non-hydrogen) atoms. The summed E-state index contributed by atoms with van der Waals surface area (Å²) in [5.41, 5.74) is 1.15. The minimum atomic E-state index is -0.156. The number of thioether (sulfide) groups is 1. The number of carbonyl (C=O) groups is 1. The average Bonchev–Trinajstić information content (AvgIpc) is 2.60. The van der Waals surface area contributed by atoms with E-state index in [1.165, 1.54) is 23.3 Å². The molecule has 5 nitrogen and oxygen atoms in total. The Kier molecular flexibility index (Phi) is 4.66.